The van der Waals surface area contributed by atoms with E-state index in [1.165, 1.54) is 16.7 Å². The molecule has 3 atom stereocenters. The minimum absolute atomic E-state index is 0.0557. The first-order valence-corrected chi connectivity index (χ1v) is 11.5. The van der Waals surface area contributed by atoms with Crippen molar-refractivity contribution in [3.05, 3.63) is 35.9 Å². The summed E-state index contributed by atoms with van der Waals surface area (Å²) in [7, 11) is 0. The highest BCUT2D eigenvalue weighted by Crippen LogP contribution is 2.38. The van der Waals surface area contributed by atoms with E-state index in [1.807, 2.05) is 51.1 Å². The molecule has 2 fully saturated rings. The number of carboxylic acids is 1. The smallest absolute Gasteiger partial charge is 0.411 e. The average molecular weight is 451 g/mol. The summed E-state index contributed by atoms with van der Waals surface area (Å²) in [6, 6.07) is 8.32. The Morgan fingerprint density at radius 3 is 2.52 bits per heavy atom. The maximum Gasteiger partial charge on any atom is 0.411 e. The summed E-state index contributed by atoms with van der Waals surface area (Å²) in [6.07, 6.45) is 0.547. The number of hydrogen-bond acceptors (Lipinski definition) is 6. The van der Waals surface area contributed by atoms with Crippen molar-refractivity contribution in [2.75, 3.05) is 18.8 Å². The molecule has 3 unspecified atom stereocenters. The van der Waals surface area contributed by atoms with E-state index in [4.69, 9.17) is 9.47 Å². The van der Waals surface area contributed by atoms with E-state index < -0.39 is 23.7 Å². The van der Waals surface area contributed by atoms with Crippen molar-refractivity contribution in [2.24, 2.45) is 5.92 Å². The molecule has 0 saturated carbocycles. The first-order chi connectivity index (χ1) is 14.7. The van der Waals surface area contributed by atoms with E-state index in [1.54, 1.807) is 4.90 Å². The lowest BCUT2D eigenvalue weighted by Gasteiger charge is -2.39. The summed E-state index contributed by atoms with van der Waals surface area (Å²) in [5.74, 6) is -0.810. The molecule has 0 aliphatic carbocycles. The number of piperidine rings is 1. The van der Waals surface area contributed by atoms with E-state index >= 15 is 0 Å². The van der Waals surface area contributed by atoms with Crippen LogP contribution in [0.15, 0.2) is 30.3 Å². The second-order valence-electron chi connectivity index (χ2n) is 8.85. The van der Waals surface area contributed by atoms with Gasteiger partial charge in [0.05, 0.1) is 5.37 Å². The Kier molecular flexibility index (Phi) is 7.35. The predicted octanol–water partition coefficient (Wildman–Crippen LogP) is 3.80. The van der Waals surface area contributed by atoms with Crippen molar-refractivity contribution in [1.29, 1.82) is 0 Å². The minimum Gasteiger partial charge on any atom is -0.480 e. The molecule has 3 rings (SSSR count). The summed E-state index contributed by atoms with van der Waals surface area (Å²) in [5, 5.41) is 9.29. The molecule has 170 valence electrons. The normalized spacial score (nSPS) is 24.0. The van der Waals surface area contributed by atoms with Gasteiger partial charge in [0.1, 0.15) is 18.2 Å². The van der Waals surface area contributed by atoms with E-state index in [0.717, 1.165) is 18.4 Å². The van der Waals surface area contributed by atoms with Crippen LogP contribution in [0.2, 0.25) is 0 Å². The van der Waals surface area contributed by atoms with Crippen LogP contribution in [-0.2, 0) is 20.9 Å². The van der Waals surface area contributed by atoms with Gasteiger partial charge in [0.25, 0.3) is 0 Å². The van der Waals surface area contributed by atoms with Crippen LogP contribution >= 0.6 is 11.8 Å². The van der Waals surface area contributed by atoms with Crippen LogP contribution in [0.25, 0.3) is 0 Å². The van der Waals surface area contributed by atoms with Crippen LogP contribution in [0.1, 0.15) is 39.2 Å². The topological polar surface area (TPSA) is 96.4 Å². The molecule has 1 aromatic carbocycles. The number of likely N-dealkylation sites (tertiary alicyclic amines) is 1. The summed E-state index contributed by atoms with van der Waals surface area (Å²) < 4.78 is 10.9. The molecule has 2 aliphatic rings. The van der Waals surface area contributed by atoms with Crippen LogP contribution < -0.4 is 0 Å². The van der Waals surface area contributed by atoms with Gasteiger partial charge >= 0.3 is 18.2 Å². The molecule has 0 radical (unpaired) electrons. The molecule has 31 heavy (non-hydrogen) atoms. The quantitative estimate of drug-likeness (QED) is 0.745. The summed E-state index contributed by atoms with van der Waals surface area (Å²) in [4.78, 5) is 40.2. The van der Waals surface area contributed by atoms with Gasteiger partial charge in [-0.25, -0.2) is 14.4 Å². The predicted molar refractivity (Wildman–Crippen MR) is 117 cm³/mol. The Balaban J connectivity index is 1.69. The third-order valence-corrected chi connectivity index (χ3v) is 6.71. The number of nitrogens with zero attached hydrogens (tertiary/aromatic N) is 2. The lowest BCUT2D eigenvalue weighted by Crippen LogP contribution is -2.52. The SMILES string of the molecule is CC(C)(C)OC(=O)N1CCCC(C2SCC(C(=O)O)N2C(=O)OCc2ccccc2)C1. The van der Waals surface area contributed by atoms with Gasteiger partial charge in [0.15, 0.2) is 0 Å². The van der Waals surface area contributed by atoms with Crippen LogP contribution in [0.3, 0.4) is 0 Å². The summed E-state index contributed by atoms with van der Waals surface area (Å²) >= 11 is 1.44. The van der Waals surface area contributed by atoms with Crippen molar-refractivity contribution in [1.82, 2.24) is 9.80 Å². The zero-order valence-electron chi connectivity index (χ0n) is 18.2. The highest BCUT2D eigenvalue weighted by atomic mass is 32.2. The maximum absolute atomic E-state index is 12.9. The van der Waals surface area contributed by atoms with E-state index in [9.17, 15) is 19.5 Å². The molecule has 2 saturated heterocycles. The molecule has 8 nitrogen and oxygen atoms in total. The number of carbonyl (C=O) groups excluding carboxylic acids is 2. The van der Waals surface area contributed by atoms with Crippen LogP contribution in [-0.4, -0.2) is 68.9 Å². The van der Waals surface area contributed by atoms with E-state index in [-0.39, 0.29) is 24.0 Å². The average Bonchev–Trinajstić information content (AvgIpc) is 3.17. The zero-order valence-corrected chi connectivity index (χ0v) is 19.0. The number of rotatable bonds is 4. The van der Waals surface area contributed by atoms with Gasteiger partial charge in [-0.15, -0.1) is 11.8 Å². The van der Waals surface area contributed by atoms with Gasteiger partial charge in [-0.2, -0.15) is 0 Å². The fraction of sp³-hybridized carbons (Fsp3) is 0.591. The largest absolute Gasteiger partial charge is 0.480 e. The molecule has 1 aromatic rings. The van der Waals surface area contributed by atoms with Gasteiger partial charge in [0, 0.05) is 24.8 Å². The number of benzene rings is 1. The fourth-order valence-corrected chi connectivity index (χ4v) is 5.41. The first kappa shape index (κ1) is 23.2. The molecule has 2 heterocycles. The molecule has 2 aliphatic heterocycles. The number of carbonyl (C=O) groups is 3. The summed E-state index contributed by atoms with van der Waals surface area (Å²) in [6.45, 7) is 6.54. The number of carboxylic acid groups (broad SMARTS) is 1. The van der Waals surface area contributed by atoms with Crippen molar-refractivity contribution in [3.63, 3.8) is 0 Å². The number of ether oxygens (including phenoxy) is 2. The Morgan fingerprint density at radius 2 is 1.87 bits per heavy atom. The number of aliphatic carboxylic acids is 1. The van der Waals surface area contributed by atoms with Crippen molar-refractivity contribution >= 4 is 29.9 Å². The standard InChI is InChI=1S/C22H30N2O6S/c1-22(2,3)30-20(27)23-11-7-10-16(12-23)18-24(17(14-31-18)19(25)26)21(28)29-13-15-8-5-4-6-9-15/h4-6,8-9,16-18H,7,10-14H2,1-3H3,(H,25,26). The molecular formula is C22H30N2O6S. The lowest BCUT2D eigenvalue weighted by atomic mass is 9.97. The third-order valence-electron chi connectivity index (χ3n) is 5.25. The second kappa shape index (κ2) is 9.80. The van der Waals surface area contributed by atoms with Crippen LogP contribution in [0, 0.1) is 5.92 Å². The highest BCUT2D eigenvalue weighted by Gasteiger charge is 2.47. The molecule has 9 heteroatoms. The summed E-state index contributed by atoms with van der Waals surface area (Å²) in [5.41, 5.74) is 0.244. The third kappa shape index (κ3) is 6.06. The molecular weight excluding hydrogens is 420 g/mol. The molecule has 2 amide bonds. The van der Waals surface area contributed by atoms with Crippen LogP contribution in [0.5, 0.6) is 0 Å². The van der Waals surface area contributed by atoms with Gasteiger partial charge in [0.2, 0.25) is 0 Å². The molecule has 0 bridgehead atoms. The molecule has 0 spiro atoms. The Bertz CT molecular complexity index is 797. The van der Waals surface area contributed by atoms with E-state index in [2.05, 4.69) is 0 Å². The van der Waals surface area contributed by atoms with Gasteiger partial charge < -0.3 is 19.5 Å². The van der Waals surface area contributed by atoms with Gasteiger partial charge in [-0.05, 0) is 39.2 Å². The van der Waals surface area contributed by atoms with Gasteiger partial charge in [-0.1, -0.05) is 30.3 Å². The monoisotopic (exact) mass is 450 g/mol. The highest BCUT2D eigenvalue weighted by molar-refractivity contribution is 8.00. The van der Waals surface area contributed by atoms with Crippen LogP contribution in [0.4, 0.5) is 9.59 Å². The fourth-order valence-electron chi connectivity index (χ4n) is 3.84. The Morgan fingerprint density at radius 1 is 1.16 bits per heavy atom. The molecule has 0 aromatic heterocycles. The number of hydrogen-bond donors (Lipinski definition) is 1. The van der Waals surface area contributed by atoms with Gasteiger partial charge in [-0.3, -0.25) is 4.90 Å². The Hall–Kier alpha value is -2.42. The second-order valence-corrected chi connectivity index (χ2v) is 10.0. The maximum atomic E-state index is 12.9. The van der Waals surface area contributed by atoms with Crippen molar-refractivity contribution in [3.8, 4) is 0 Å². The van der Waals surface area contributed by atoms with E-state index in [0.29, 0.717) is 18.8 Å². The first-order valence-electron chi connectivity index (χ1n) is 10.5. The lowest BCUT2D eigenvalue weighted by molar-refractivity contribution is -0.142. The van der Waals surface area contributed by atoms with Crippen molar-refractivity contribution in [2.45, 2.75) is 57.2 Å². The Labute approximate surface area is 186 Å². The number of thioether (sulfide) groups is 1. The minimum atomic E-state index is -1.05. The zero-order chi connectivity index (χ0) is 22.6. The molecule has 1 N–H and O–H groups in total. The number of amides is 2. The van der Waals surface area contributed by atoms with Crippen molar-refractivity contribution < 1.29 is 29.0 Å².